The Morgan fingerprint density at radius 1 is 1.55 bits per heavy atom. The van der Waals surface area contributed by atoms with Gasteiger partial charge in [-0.2, -0.15) is 13.2 Å². The highest BCUT2D eigenvalue weighted by Gasteiger charge is 2.56. The fraction of sp³-hybridized carbons (Fsp3) is 0.800. The Morgan fingerprint density at radius 3 is 1.91 bits per heavy atom. The molecule has 6 heteroatoms. The summed E-state index contributed by atoms with van der Waals surface area (Å²) in [6, 6.07) is 0. The molecule has 3 N–H and O–H groups in total. The molecule has 0 radical (unpaired) electrons. The van der Waals surface area contributed by atoms with E-state index in [9.17, 15) is 18.0 Å². The molecule has 0 amide bonds. The molecule has 66 valence electrons. The van der Waals surface area contributed by atoms with Crippen molar-refractivity contribution < 1.29 is 23.1 Å². The Balaban J connectivity index is 4.75. The molecule has 0 aliphatic carbocycles. The second-order valence-corrected chi connectivity index (χ2v) is 2.13. The van der Waals surface area contributed by atoms with Gasteiger partial charge in [-0.15, -0.1) is 0 Å². The lowest BCUT2D eigenvalue weighted by Gasteiger charge is -2.25. The van der Waals surface area contributed by atoms with Crippen LogP contribution in [0.1, 0.15) is 13.3 Å². The van der Waals surface area contributed by atoms with E-state index in [1.807, 2.05) is 0 Å². The van der Waals surface area contributed by atoms with Crippen LogP contribution in [0.3, 0.4) is 0 Å². The van der Waals surface area contributed by atoms with Gasteiger partial charge in [-0.25, -0.2) is 4.79 Å². The summed E-state index contributed by atoms with van der Waals surface area (Å²) in [7, 11) is 0. The van der Waals surface area contributed by atoms with Gasteiger partial charge >= 0.3 is 12.1 Å². The molecule has 11 heavy (non-hydrogen) atoms. The van der Waals surface area contributed by atoms with Crippen LogP contribution in [0.2, 0.25) is 0 Å². The smallest absolute Gasteiger partial charge is 0.417 e. The Labute approximate surface area is 61.0 Å². The van der Waals surface area contributed by atoms with Crippen molar-refractivity contribution >= 4 is 5.97 Å². The van der Waals surface area contributed by atoms with Crippen LogP contribution in [0.15, 0.2) is 0 Å². The van der Waals surface area contributed by atoms with Crippen LogP contribution in [-0.4, -0.2) is 22.8 Å². The van der Waals surface area contributed by atoms with Gasteiger partial charge < -0.3 is 10.8 Å². The Bertz CT molecular complexity index is 168. The quantitative estimate of drug-likeness (QED) is 0.644. The van der Waals surface area contributed by atoms with Gasteiger partial charge in [0, 0.05) is 0 Å². The van der Waals surface area contributed by atoms with Crippen LogP contribution in [0.4, 0.5) is 13.2 Å². The van der Waals surface area contributed by atoms with Crippen molar-refractivity contribution in [3.05, 3.63) is 0 Å². The maximum atomic E-state index is 11.8. The predicted molar refractivity (Wildman–Crippen MR) is 30.9 cm³/mol. The van der Waals surface area contributed by atoms with Gasteiger partial charge in [0.1, 0.15) is 0 Å². The minimum atomic E-state index is -4.90. The largest absolute Gasteiger partial charge is 0.480 e. The zero-order valence-electron chi connectivity index (χ0n) is 5.77. The lowest BCUT2D eigenvalue weighted by Crippen LogP contribution is -2.59. The van der Waals surface area contributed by atoms with Crippen molar-refractivity contribution in [1.82, 2.24) is 0 Å². The van der Waals surface area contributed by atoms with Gasteiger partial charge in [0.2, 0.25) is 5.54 Å². The molecule has 0 bridgehead atoms. The third kappa shape index (κ3) is 1.62. The first-order valence-corrected chi connectivity index (χ1v) is 2.84. The molecule has 1 atom stereocenters. The molecule has 0 fully saturated rings. The Morgan fingerprint density at radius 2 is 1.91 bits per heavy atom. The van der Waals surface area contributed by atoms with Crippen molar-refractivity contribution in [3.63, 3.8) is 0 Å². The number of halogens is 3. The maximum absolute atomic E-state index is 11.8. The highest BCUT2D eigenvalue weighted by molar-refractivity contribution is 5.79. The molecule has 3 nitrogen and oxygen atoms in total. The molecule has 0 spiro atoms. The summed E-state index contributed by atoms with van der Waals surface area (Å²) in [6.45, 7) is 1.07. The van der Waals surface area contributed by atoms with E-state index in [4.69, 9.17) is 5.11 Å². The average Bonchev–Trinajstić information content (AvgIpc) is 1.83. The standard InChI is InChI=1S/C5H8F3NO2/c1-2-4(9,3(10)11)5(6,7)8/h2,9H2,1H3,(H,10,11). The number of nitrogens with two attached hydrogens (primary N) is 1. The zero-order valence-corrected chi connectivity index (χ0v) is 5.77. The zero-order chi connectivity index (χ0) is 9.28. The van der Waals surface area contributed by atoms with Crippen molar-refractivity contribution in [2.45, 2.75) is 25.1 Å². The number of hydrogen-bond acceptors (Lipinski definition) is 2. The van der Waals surface area contributed by atoms with E-state index in [0.717, 1.165) is 6.92 Å². The summed E-state index contributed by atoms with van der Waals surface area (Å²) in [5.74, 6) is -2.05. The van der Waals surface area contributed by atoms with Gasteiger partial charge in [-0.1, -0.05) is 6.92 Å². The maximum Gasteiger partial charge on any atom is 0.417 e. The molecule has 0 aliphatic heterocycles. The molecule has 0 saturated heterocycles. The van der Waals surface area contributed by atoms with E-state index in [1.54, 1.807) is 0 Å². The van der Waals surface area contributed by atoms with E-state index in [0.29, 0.717) is 0 Å². The molecule has 0 aromatic carbocycles. The summed E-state index contributed by atoms with van der Waals surface area (Å²) < 4.78 is 35.5. The first-order valence-electron chi connectivity index (χ1n) is 2.84. The third-order valence-corrected chi connectivity index (χ3v) is 1.45. The number of alkyl halides is 3. The van der Waals surface area contributed by atoms with Gasteiger partial charge in [0.15, 0.2) is 0 Å². The lowest BCUT2D eigenvalue weighted by atomic mass is 9.97. The highest BCUT2D eigenvalue weighted by atomic mass is 19.4. The number of carboxylic acids is 1. The third-order valence-electron chi connectivity index (χ3n) is 1.45. The van der Waals surface area contributed by atoms with Gasteiger partial charge in [-0.3, -0.25) is 0 Å². The molecule has 0 saturated carbocycles. The fourth-order valence-electron chi connectivity index (χ4n) is 0.473. The first-order chi connectivity index (χ1) is 4.75. The monoisotopic (exact) mass is 171 g/mol. The number of aliphatic carboxylic acids is 1. The van der Waals surface area contributed by atoms with Crippen molar-refractivity contribution in [2.75, 3.05) is 0 Å². The van der Waals surface area contributed by atoms with Crippen molar-refractivity contribution in [1.29, 1.82) is 0 Å². The number of rotatable bonds is 2. The summed E-state index contributed by atoms with van der Waals surface area (Å²) >= 11 is 0. The fourth-order valence-corrected chi connectivity index (χ4v) is 0.473. The Hall–Kier alpha value is -0.780. The van der Waals surface area contributed by atoms with Gasteiger partial charge in [0.25, 0.3) is 0 Å². The van der Waals surface area contributed by atoms with Crippen molar-refractivity contribution in [2.24, 2.45) is 5.73 Å². The molecule has 0 aromatic heterocycles. The normalized spacial score (nSPS) is 17.5. The van der Waals surface area contributed by atoms with Crippen LogP contribution in [0.5, 0.6) is 0 Å². The topological polar surface area (TPSA) is 63.3 Å². The van der Waals surface area contributed by atoms with E-state index in [-0.39, 0.29) is 0 Å². The van der Waals surface area contributed by atoms with Crippen LogP contribution in [0, 0.1) is 0 Å². The summed E-state index contributed by atoms with van der Waals surface area (Å²) in [5, 5.41) is 8.12. The van der Waals surface area contributed by atoms with Crippen LogP contribution >= 0.6 is 0 Å². The minimum Gasteiger partial charge on any atom is -0.480 e. The van der Waals surface area contributed by atoms with Gasteiger partial charge in [-0.05, 0) is 6.42 Å². The van der Waals surface area contributed by atoms with Crippen LogP contribution in [0.25, 0.3) is 0 Å². The minimum absolute atomic E-state index is 0.675. The number of hydrogen-bond donors (Lipinski definition) is 2. The number of carbonyl (C=O) groups is 1. The number of carboxylic acid groups (broad SMARTS) is 1. The van der Waals surface area contributed by atoms with E-state index in [2.05, 4.69) is 5.73 Å². The summed E-state index contributed by atoms with van der Waals surface area (Å²) in [5.41, 5.74) is 1.49. The molecule has 0 rings (SSSR count). The molecular weight excluding hydrogens is 163 g/mol. The molecule has 1 unspecified atom stereocenters. The summed E-state index contributed by atoms with van der Waals surface area (Å²) in [4.78, 5) is 10.1. The summed E-state index contributed by atoms with van der Waals surface area (Å²) in [6.07, 6.45) is -5.57. The predicted octanol–water partition coefficient (Wildman–Crippen LogP) is 0.741. The molecular formula is C5H8F3NO2. The van der Waals surface area contributed by atoms with E-state index >= 15 is 0 Å². The SMILES string of the molecule is CCC(N)(C(=O)O)C(F)(F)F. The second kappa shape index (κ2) is 2.69. The molecule has 0 heterocycles. The lowest BCUT2D eigenvalue weighted by molar-refractivity contribution is -0.202. The molecule has 0 aromatic rings. The first kappa shape index (κ1) is 10.2. The van der Waals surface area contributed by atoms with Crippen LogP contribution in [-0.2, 0) is 4.79 Å². The average molecular weight is 171 g/mol. The highest BCUT2D eigenvalue weighted by Crippen LogP contribution is 2.30. The Kier molecular flexibility index (Phi) is 2.50. The molecule has 0 aliphatic rings. The van der Waals surface area contributed by atoms with E-state index < -0.39 is 24.1 Å². The second-order valence-electron chi connectivity index (χ2n) is 2.13. The van der Waals surface area contributed by atoms with Crippen molar-refractivity contribution in [3.8, 4) is 0 Å². The van der Waals surface area contributed by atoms with Crippen LogP contribution < -0.4 is 5.73 Å². The van der Waals surface area contributed by atoms with E-state index in [1.165, 1.54) is 0 Å². The van der Waals surface area contributed by atoms with Gasteiger partial charge in [0.05, 0.1) is 0 Å².